The Balaban J connectivity index is 2.20. The first-order chi connectivity index (χ1) is 6.77. The van der Waals surface area contributed by atoms with Crippen molar-refractivity contribution in [2.45, 2.75) is 18.8 Å². The molecule has 0 spiro atoms. The Labute approximate surface area is 81.3 Å². The van der Waals surface area contributed by atoms with E-state index in [1.165, 1.54) is 0 Å². The molecule has 2 amide bonds. The van der Waals surface area contributed by atoms with Gasteiger partial charge in [-0.3, -0.25) is 19.9 Å². The van der Waals surface area contributed by atoms with E-state index in [1.54, 1.807) is 18.5 Å². The number of imide groups is 1. The molecule has 2 rings (SSSR count). The summed E-state index contributed by atoms with van der Waals surface area (Å²) >= 11 is 0. The van der Waals surface area contributed by atoms with Crippen molar-refractivity contribution >= 4 is 11.8 Å². The number of nitrogens with one attached hydrogen (secondary N) is 1. The average molecular weight is 190 g/mol. The Bertz CT molecular complexity index is 362. The molecule has 1 aromatic rings. The van der Waals surface area contributed by atoms with Crippen LogP contribution in [-0.2, 0) is 9.59 Å². The predicted molar refractivity (Wildman–Crippen MR) is 49.4 cm³/mol. The Hall–Kier alpha value is -1.71. The number of piperidine rings is 1. The molecular weight excluding hydrogens is 180 g/mol. The van der Waals surface area contributed by atoms with E-state index in [1.807, 2.05) is 6.07 Å². The number of aromatic nitrogens is 1. The van der Waals surface area contributed by atoms with Crippen molar-refractivity contribution in [3.8, 4) is 0 Å². The molecule has 0 aliphatic carbocycles. The number of hydrogen-bond acceptors (Lipinski definition) is 3. The number of nitrogens with zero attached hydrogens (tertiary/aromatic N) is 1. The van der Waals surface area contributed by atoms with Gasteiger partial charge in [-0.25, -0.2) is 0 Å². The highest BCUT2D eigenvalue weighted by Crippen LogP contribution is 2.23. The molecule has 1 fully saturated rings. The van der Waals surface area contributed by atoms with Crippen LogP contribution in [0.5, 0.6) is 0 Å². The summed E-state index contributed by atoms with van der Waals surface area (Å²) in [5.74, 6) is -0.620. The van der Waals surface area contributed by atoms with Crippen LogP contribution >= 0.6 is 0 Å². The molecule has 0 aromatic carbocycles. The summed E-state index contributed by atoms with van der Waals surface area (Å²) in [6.45, 7) is 0. The number of amides is 2. The summed E-state index contributed by atoms with van der Waals surface area (Å²) in [5.41, 5.74) is 0.873. The highest BCUT2D eigenvalue weighted by molar-refractivity contribution is 6.00. The van der Waals surface area contributed by atoms with E-state index in [2.05, 4.69) is 10.3 Å². The number of carbonyl (C=O) groups excluding carboxylic acids is 2. The summed E-state index contributed by atoms with van der Waals surface area (Å²) in [7, 11) is 0. The summed E-state index contributed by atoms with van der Waals surface area (Å²) < 4.78 is 0. The van der Waals surface area contributed by atoms with Crippen LogP contribution in [0, 0.1) is 0 Å². The van der Waals surface area contributed by atoms with Crippen molar-refractivity contribution in [2.24, 2.45) is 0 Å². The van der Waals surface area contributed by atoms with Crippen molar-refractivity contribution in [3.63, 3.8) is 0 Å². The molecule has 0 bridgehead atoms. The van der Waals surface area contributed by atoms with Crippen LogP contribution < -0.4 is 5.32 Å². The van der Waals surface area contributed by atoms with Gasteiger partial charge in [0.15, 0.2) is 0 Å². The van der Waals surface area contributed by atoms with Gasteiger partial charge in [-0.2, -0.15) is 0 Å². The van der Waals surface area contributed by atoms with Crippen molar-refractivity contribution in [3.05, 3.63) is 30.1 Å². The fraction of sp³-hybridized carbons (Fsp3) is 0.300. The second kappa shape index (κ2) is 3.57. The Kier molecular flexibility index (Phi) is 2.26. The maximum Gasteiger partial charge on any atom is 0.234 e. The van der Waals surface area contributed by atoms with E-state index in [9.17, 15) is 9.59 Å². The zero-order valence-corrected chi connectivity index (χ0v) is 7.56. The van der Waals surface area contributed by atoms with Crippen LogP contribution in [0.1, 0.15) is 24.3 Å². The molecule has 4 nitrogen and oxygen atoms in total. The predicted octanol–water partition coefficient (Wildman–Crippen LogP) is 0.602. The normalized spacial score (nSPS) is 21.9. The molecule has 1 unspecified atom stereocenters. The summed E-state index contributed by atoms with van der Waals surface area (Å²) in [4.78, 5) is 26.3. The quantitative estimate of drug-likeness (QED) is 0.660. The fourth-order valence-electron chi connectivity index (χ4n) is 1.59. The van der Waals surface area contributed by atoms with Crippen LogP contribution in [0.15, 0.2) is 24.5 Å². The van der Waals surface area contributed by atoms with Gasteiger partial charge in [0, 0.05) is 18.8 Å². The second-order valence-electron chi connectivity index (χ2n) is 3.29. The number of rotatable bonds is 1. The number of hydrogen-bond donors (Lipinski definition) is 1. The van der Waals surface area contributed by atoms with Gasteiger partial charge >= 0.3 is 0 Å². The van der Waals surface area contributed by atoms with E-state index in [4.69, 9.17) is 0 Å². The SMILES string of the molecule is O=C1CCC(c2cccnc2)C(=O)N1. The van der Waals surface area contributed by atoms with Crippen LogP contribution in [0.2, 0.25) is 0 Å². The van der Waals surface area contributed by atoms with E-state index < -0.39 is 0 Å². The number of pyridine rings is 1. The van der Waals surface area contributed by atoms with Gasteiger partial charge in [-0.05, 0) is 18.1 Å². The molecule has 0 radical (unpaired) electrons. The molecule has 1 saturated heterocycles. The minimum absolute atomic E-state index is 0.185. The highest BCUT2D eigenvalue weighted by Gasteiger charge is 2.27. The first-order valence-corrected chi connectivity index (χ1v) is 4.51. The molecule has 72 valence electrons. The van der Waals surface area contributed by atoms with Gasteiger partial charge < -0.3 is 0 Å². The van der Waals surface area contributed by atoms with Crippen molar-refractivity contribution in [1.82, 2.24) is 10.3 Å². The molecule has 0 saturated carbocycles. The van der Waals surface area contributed by atoms with Gasteiger partial charge in [0.25, 0.3) is 0 Å². The molecule has 1 N–H and O–H groups in total. The van der Waals surface area contributed by atoms with Gasteiger partial charge in [0.2, 0.25) is 11.8 Å². The lowest BCUT2D eigenvalue weighted by Gasteiger charge is -2.20. The zero-order chi connectivity index (χ0) is 9.97. The average Bonchev–Trinajstić information content (AvgIpc) is 2.19. The lowest BCUT2D eigenvalue weighted by Crippen LogP contribution is -2.39. The third kappa shape index (κ3) is 1.64. The van der Waals surface area contributed by atoms with Gasteiger partial charge in [-0.1, -0.05) is 6.07 Å². The standard InChI is InChI=1S/C10H10N2O2/c13-9-4-3-8(10(14)12-9)7-2-1-5-11-6-7/h1-2,5-6,8H,3-4H2,(H,12,13,14). The van der Waals surface area contributed by atoms with Gasteiger partial charge in [0.1, 0.15) is 0 Å². The number of carbonyl (C=O) groups is 2. The largest absolute Gasteiger partial charge is 0.296 e. The topological polar surface area (TPSA) is 59.1 Å². The van der Waals surface area contributed by atoms with Crippen LogP contribution in [0.3, 0.4) is 0 Å². The first-order valence-electron chi connectivity index (χ1n) is 4.51. The van der Waals surface area contributed by atoms with Gasteiger partial charge in [0.05, 0.1) is 5.92 Å². The van der Waals surface area contributed by atoms with E-state index >= 15 is 0 Å². The molecule has 1 atom stereocenters. The molecule has 2 heterocycles. The van der Waals surface area contributed by atoms with Crippen molar-refractivity contribution in [2.75, 3.05) is 0 Å². The molecule has 1 aromatic heterocycles. The molecule has 1 aliphatic rings. The maximum absolute atomic E-state index is 11.4. The Morgan fingerprint density at radius 2 is 2.29 bits per heavy atom. The van der Waals surface area contributed by atoms with Gasteiger partial charge in [-0.15, -0.1) is 0 Å². The van der Waals surface area contributed by atoms with Crippen LogP contribution in [-0.4, -0.2) is 16.8 Å². The molecule has 4 heteroatoms. The lowest BCUT2D eigenvalue weighted by atomic mass is 9.92. The van der Waals surface area contributed by atoms with E-state index in [0.29, 0.717) is 12.8 Å². The Morgan fingerprint density at radius 1 is 1.43 bits per heavy atom. The fourth-order valence-corrected chi connectivity index (χ4v) is 1.59. The summed E-state index contributed by atoms with van der Waals surface area (Å²) in [5, 5.41) is 2.32. The minimum Gasteiger partial charge on any atom is -0.296 e. The van der Waals surface area contributed by atoms with E-state index in [0.717, 1.165) is 5.56 Å². The Morgan fingerprint density at radius 3 is 2.93 bits per heavy atom. The first kappa shape index (κ1) is 8.87. The summed E-state index contributed by atoms with van der Waals surface area (Å²) in [6, 6.07) is 3.64. The van der Waals surface area contributed by atoms with E-state index in [-0.39, 0.29) is 17.7 Å². The molecule has 1 aliphatic heterocycles. The third-order valence-corrected chi connectivity index (χ3v) is 2.33. The van der Waals surface area contributed by atoms with Crippen LogP contribution in [0.25, 0.3) is 0 Å². The summed E-state index contributed by atoms with van der Waals surface area (Å²) in [6.07, 6.45) is 4.32. The zero-order valence-electron chi connectivity index (χ0n) is 7.56. The van der Waals surface area contributed by atoms with Crippen molar-refractivity contribution < 1.29 is 9.59 Å². The van der Waals surface area contributed by atoms with Crippen molar-refractivity contribution in [1.29, 1.82) is 0 Å². The third-order valence-electron chi connectivity index (χ3n) is 2.33. The van der Waals surface area contributed by atoms with Crippen LogP contribution in [0.4, 0.5) is 0 Å². The molecule has 14 heavy (non-hydrogen) atoms. The smallest absolute Gasteiger partial charge is 0.234 e. The minimum atomic E-state index is -0.221. The molecular formula is C10H10N2O2. The monoisotopic (exact) mass is 190 g/mol. The highest BCUT2D eigenvalue weighted by atomic mass is 16.2. The lowest BCUT2D eigenvalue weighted by molar-refractivity contribution is -0.134. The maximum atomic E-state index is 11.4. The second-order valence-corrected chi connectivity index (χ2v) is 3.29.